The monoisotopic (exact) mass is 1220 g/mol. The molecule has 0 spiro atoms. The lowest BCUT2D eigenvalue weighted by Crippen LogP contribution is -2.32. The van der Waals surface area contributed by atoms with Gasteiger partial charge >= 0.3 is 0 Å². The van der Waals surface area contributed by atoms with Crippen molar-refractivity contribution >= 4 is 0 Å². The third-order valence-electron chi connectivity index (χ3n) is 17.9. The second kappa shape index (κ2) is 31.2. The molecular formula is C86H108N5+5. The van der Waals surface area contributed by atoms with Crippen molar-refractivity contribution in [2.45, 2.75) is 174 Å². The van der Waals surface area contributed by atoms with Gasteiger partial charge in [-0.15, -0.1) is 0 Å². The number of hydrogen-bond acceptors (Lipinski definition) is 0. The Bertz CT molecular complexity index is 4750. The summed E-state index contributed by atoms with van der Waals surface area (Å²) in [4.78, 5) is 0. The Morgan fingerprint density at radius 1 is 0.330 bits per heavy atom. The summed E-state index contributed by atoms with van der Waals surface area (Å²) >= 11 is 0. The van der Waals surface area contributed by atoms with E-state index in [0.717, 1.165) is 52.0 Å². The summed E-state index contributed by atoms with van der Waals surface area (Å²) < 4.78 is 105. The highest BCUT2D eigenvalue weighted by Gasteiger charge is 2.22. The highest BCUT2D eigenvalue weighted by Crippen LogP contribution is 2.30. The molecule has 5 aromatic carbocycles. The molecule has 5 heteroatoms. The lowest BCUT2D eigenvalue weighted by atomic mass is 9.91. The van der Waals surface area contributed by atoms with Gasteiger partial charge in [-0.25, -0.2) is 22.8 Å². The molecule has 2 aliphatic carbocycles. The van der Waals surface area contributed by atoms with Gasteiger partial charge < -0.3 is 0 Å². The van der Waals surface area contributed by atoms with E-state index < -0.39 is 32.8 Å². The van der Waals surface area contributed by atoms with Gasteiger partial charge in [0.05, 0.1) is 0 Å². The zero-order valence-corrected chi connectivity index (χ0v) is 57.9. The van der Waals surface area contributed by atoms with E-state index in [1.165, 1.54) is 116 Å². The van der Waals surface area contributed by atoms with Crippen molar-refractivity contribution in [1.82, 2.24) is 0 Å². The van der Waals surface area contributed by atoms with Crippen molar-refractivity contribution < 1.29 is 39.3 Å². The quantitative estimate of drug-likeness (QED) is 0.135. The zero-order valence-electron chi connectivity index (χ0n) is 69.9. The molecule has 5 nitrogen and oxygen atoms in total. The molecule has 0 bridgehead atoms. The molecule has 0 saturated carbocycles. The molecule has 0 unspecified atom stereocenters. The number of fused-ring (bicyclic) bond motifs is 2. The molecule has 5 aromatic heterocycles. The van der Waals surface area contributed by atoms with Crippen LogP contribution in [0, 0.1) is 82.9 Å². The van der Waals surface area contributed by atoms with Crippen LogP contribution < -0.4 is 22.8 Å². The Morgan fingerprint density at radius 3 is 1.15 bits per heavy atom. The van der Waals surface area contributed by atoms with E-state index in [-0.39, 0.29) is 29.5 Å². The number of nitrogens with zero attached hydrogens (tertiary/aromatic N) is 5. The van der Waals surface area contributed by atoms with Crippen LogP contribution in [0.2, 0.25) is 0 Å². The summed E-state index contributed by atoms with van der Waals surface area (Å²) in [5, 5.41) is 0. The molecule has 0 N–H and O–H groups in total. The maximum atomic E-state index is 8.30. The Hall–Kier alpha value is -8.15. The molecule has 0 radical (unpaired) electrons. The summed E-state index contributed by atoms with van der Waals surface area (Å²) in [6.45, 7) is 22.3. The topological polar surface area (TPSA) is 19.4 Å². The normalized spacial score (nSPS) is 15.7. The van der Waals surface area contributed by atoms with E-state index >= 15 is 0 Å². The Morgan fingerprint density at radius 2 is 0.714 bits per heavy atom. The van der Waals surface area contributed by atoms with E-state index in [9.17, 15) is 0 Å². The first-order chi connectivity index (χ1) is 48.0. The number of benzene rings is 5. The van der Waals surface area contributed by atoms with Crippen molar-refractivity contribution in [3.63, 3.8) is 0 Å². The molecule has 10 aromatic rings. The molecule has 0 amide bonds. The first-order valence-electron chi connectivity index (χ1n) is 38.5. The Balaban J connectivity index is 0.000000165. The van der Waals surface area contributed by atoms with E-state index in [4.69, 9.17) is 16.4 Å². The van der Waals surface area contributed by atoms with E-state index in [2.05, 4.69) is 201 Å². The van der Waals surface area contributed by atoms with E-state index in [1.54, 1.807) is 70.0 Å². The molecule has 91 heavy (non-hydrogen) atoms. The van der Waals surface area contributed by atoms with Crippen LogP contribution in [0.1, 0.15) is 169 Å². The van der Waals surface area contributed by atoms with Gasteiger partial charge in [0.25, 0.3) is 0 Å². The van der Waals surface area contributed by atoms with Crippen molar-refractivity contribution in [2.75, 3.05) is 0 Å². The molecule has 2 aliphatic rings. The fraction of sp³-hybridized carbons (Fsp3) is 0.360. The van der Waals surface area contributed by atoms with Gasteiger partial charge in [0.2, 0.25) is 28.5 Å². The van der Waals surface area contributed by atoms with Gasteiger partial charge in [0, 0.05) is 102 Å². The highest BCUT2D eigenvalue weighted by atomic mass is 14.9. The maximum absolute atomic E-state index is 8.30. The Kier molecular flexibility index (Phi) is 18.4. The van der Waals surface area contributed by atoms with Crippen molar-refractivity contribution in [1.29, 1.82) is 0 Å². The molecule has 0 fully saturated rings. The average Bonchev–Trinajstić information content (AvgIpc) is 0.746. The molecule has 12 rings (SSSR count). The fourth-order valence-corrected chi connectivity index (χ4v) is 12.8. The second-order valence-electron chi connectivity index (χ2n) is 25.3. The fourth-order valence-electron chi connectivity index (χ4n) is 12.8. The van der Waals surface area contributed by atoms with Crippen LogP contribution in [0.4, 0.5) is 0 Å². The van der Waals surface area contributed by atoms with Crippen LogP contribution in [0.25, 0.3) is 56.3 Å². The van der Waals surface area contributed by atoms with Crippen LogP contribution in [0.5, 0.6) is 0 Å². The predicted molar refractivity (Wildman–Crippen MR) is 384 cm³/mol. The molecule has 0 aliphatic heterocycles. The van der Waals surface area contributed by atoms with Gasteiger partial charge in [-0.05, 0) is 240 Å². The molecule has 5 heterocycles. The van der Waals surface area contributed by atoms with Crippen molar-refractivity contribution in [3.8, 4) is 56.3 Å². The molecular weight excluding hydrogens is 1100 g/mol. The molecule has 0 atom stereocenters. The van der Waals surface area contributed by atoms with Crippen LogP contribution in [-0.2, 0) is 80.0 Å². The zero-order chi connectivity index (χ0) is 76.2. The SMILES string of the molecule is CCc1c[n+](C)c(-c2ccc(C)cc2C)cc1C.CCc1ccc(-c2ccc(C)cc2C)[n+](C)c1.Cc1ccc(-c2cc3c(c[n+]2C)CCCC3)c(C)c1.[2H]C([2H])([2H])c1cc(-c2ccc(C)cc2C)[n+](C)cc1C([2H])([2H])C.[2H]C([2H])([2H])c1ccc(-c2cc3c(c[n+]2C)C([2H])([2H])CCC3([2H])[2H])c(C)c1. The van der Waals surface area contributed by atoms with E-state index in [0.29, 0.717) is 11.1 Å². The van der Waals surface area contributed by atoms with Gasteiger partial charge in [0.15, 0.2) is 31.0 Å². The van der Waals surface area contributed by atoms with Gasteiger partial charge in [0.1, 0.15) is 35.2 Å². The Labute approximate surface area is 566 Å². The third-order valence-corrected chi connectivity index (χ3v) is 17.9. The standard InChI is InChI=1S/2C18H22N.2C17H22N.C16H20N/c2*1-13-8-9-17(14(2)10-13)18-11-15-6-4-5-7-16(15)12-19(18)3;2*1-6-15-11-18(5)17(10-13(15)3)16-8-7-12(2)9-14(16)4;1-5-14-7-9-16(17(4)11-14)15-8-6-12(2)10-13(15)3/h2*8-12H,4-7H2,1-3H3;2*7-11H,6H2,1-5H3;6-11H,5H2,1-4H3/q5*+1/i1D3,6D2,7D2;;3D3,6D2;;. The minimum atomic E-state index is -2.36. The number of rotatable bonds is 8. The smallest absolute Gasteiger partial charge is 0.201 e. The number of hydrogen-bond donors (Lipinski definition) is 0. The summed E-state index contributed by atoms with van der Waals surface area (Å²) in [6, 6.07) is 43.5. The minimum Gasteiger partial charge on any atom is -0.201 e. The van der Waals surface area contributed by atoms with Gasteiger partial charge in [-0.2, -0.15) is 0 Å². The predicted octanol–water partition coefficient (Wildman–Crippen LogP) is 18.0. The third kappa shape index (κ3) is 17.3. The number of aromatic nitrogens is 5. The lowest BCUT2D eigenvalue weighted by Gasteiger charge is -2.15. The van der Waals surface area contributed by atoms with Crippen LogP contribution >= 0.6 is 0 Å². The van der Waals surface area contributed by atoms with Gasteiger partial charge in [-0.3, -0.25) is 0 Å². The second-order valence-corrected chi connectivity index (χ2v) is 25.3. The van der Waals surface area contributed by atoms with Crippen LogP contribution in [0.3, 0.4) is 0 Å². The largest absolute Gasteiger partial charge is 0.212 e. The number of pyridine rings is 5. The van der Waals surface area contributed by atoms with Crippen molar-refractivity contribution in [3.05, 3.63) is 264 Å². The first-order valence-corrected chi connectivity index (χ1v) is 32.5. The van der Waals surface area contributed by atoms with E-state index in [1.807, 2.05) is 40.0 Å². The van der Waals surface area contributed by atoms with Crippen LogP contribution in [0.15, 0.2) is 158 Å². The van der Waals surface area contributed by atoms with Gasteiger partial charge in [-0.1, -0.05) is 109 Å². The molecule has 472 valence electrons. The summed E-state index contributed by atoms with van der Waals surface area (Å²) in [7, 11) is 10.0. The maximum Gasteiger partial charge on any atom is 0.212 e. The van der Waals surface area contributed by atoms with Crippen LogP contribution in [-0.4, -0.2) is 0 Å². The summed E-state index contributed by atoms with van der Waals surface area (Å²) in [5.74, 6) is 0. The lowest BCUT2D eigenvalue weighted by molar-refractivity contribution is -0.661. The average molecular weight is 1220 g/mol. The first kappa shape index (κ1) is 53.5. The summed E-state index contributed by atoms with van der Waals surface area (Å²) in [6.07, 6.45) is 12.8. The number of aryl methyl sites for hydroxylation is 24. The molecule has 0 saturated heterocycles. The summed E-state index contributed by atoms with van der Waals surface area (Å²) in [5.41, 5.74) is 30.8. The highest BCUT2D eigenvalue weighted by molar-refractivity contribution is 5.66. The minimum absolute atomic E-state index is 0.0677. The van der Waals surface area contributed by atoms with Crippen molar-refractivity contribution in [2.24, 2.45) is 35.2 Å².